The average molecular weight is 287 g/mol. The molecule has 0 aromatic heterocycles. The van der Waals surface area contributed by atoms with E-state index in [2.05, 4.69) is 30.1 Å². The molecule has 3 heteroatoms. The van der Waals surface area contributed by atoms with E-state index in [0.29, 0.717) is 12.0 Å². The van der Waals surface area contributed by atoms with Gasteiger partial charge in [-0.3, -0.25) is 0 Å². The molecule has 1 saturated carbocycles. The first-order valence-electron chi connectivity index (χ1n) is 8.20. The summed E-state index contributed by atoms with van der Waals surface area (Å²) in [5.41, 5.74) is 3.12. The first kappa shape index (κ1) is 13.6. The van der Waals surface area contributed by atoms with E-state index < -0.39 is 0 Å². The van der Waals surface area contributed by atoms with Crippen molar-refractivity contribution in [2.75, 3.05) is 20.7 Å². The van der Waals surface area contributed by atoms with Crippen molar-refractivity contribution >= 4 is 0 Å². The van der Waals surface area contributed by atoms with Gasteiger partial charge in [0.15, 0.2) is 0 Å². The molecule has 114 valence electrons. The van der Waals surface area contributed by atoms with Crippen LogP contribution in [0.5, 0.6) is 5.75 Å². The second kappa shape index (κ2) is 4.72. The summed E-state index contributed by atoms with van der Waals surface area (Å²) in [4.78, 5) is 2.55. The van der Waals surface area contributed by atoms with Crippen LogP contribution in [-0.4, -0.2) is 42.9 Å². The number of ether oxygens (including phenoxy) is 1. The van der Waals surface area contributed by atoms with Crippen LogP contribution in [0.2, 0.25) is 0 Å². The van der Waals surface area contributed by atoms with Gasteiger partial charge in [0.2, 0.25) is 0 Å². The van der Waals surface area contributed by atoms with E-state index in [1.165, 1.54) is 17.5 Å². The Morgan fingerprint density at radius 2 is 2.19 bits per heavy atom. The normalized spacial score (nSPS) is 38.5. The molecule has 1 heterocycles. The van der Waals surface area contributed by atoms with Crippen molar-refractivity contribution in [2.45, 2.75) is 49.7 Å². The van der Waals surface area contributed by atoms with Gasteiger partial charge in [0.05, 0.1) is 13.2 Å². The van der Waals surface area contributed by atoms with E-state index >= 15 is 0 Å². The maximum Gasteiger partial charge on any atom is 0.119 e. The number of piperidine rings is 1. The maximum absolute atomic E-state index is 10.3. The van der Waals surface area contributed by atoms with E-state index in [0.717, 1.165) is 38.0 Å². The molecule has 3 aliphatic rings. The standard InChI is InChI=1S/C18H25NO2/c1-19-8-7-18-11-13(20)4-6-15(18)17(19)9-12-3-5-14(21-2)10-16(12)18/h3,5,10,13,15,17,20H,4,6-9,11H2,1-2H3/t13?,15-,17+,18-/m0/s1. The van der Waals surface area contributed by atoms with Crippen LogP contribution in [0.15, 0.2) is 18.2 Å². The highest BCUT2D eigenvalue weighted by atomic mass is 16.5. The fourth-order valence-electron chi connectivity index (χ4n) is 5.31. The minimum atomic E-state index is -0.137. The van der Waals surface area contributed by atoms with Gasteiger partial charge in [0, 0.05) is 11.5 Å². The molecule has 1 aliphatic heterocycles. The minimum Gasteiger partial charge on any atom is -0.497 e. The predicted octanol–water partition coefficient (Wildman–Crippen LogP) is 2.35. The molecule has 2 aliphatic carbocycles. The molecule has 21 heavy (non-hydrogen) atoms. The fourth-order valence-corrected chi connectivity index (χ4v) is 5.31. The molecule has 2 fully saturated rings. The van der Waals surface area contributed by atoms with Gasteiger partial charge in [-0.1, -0.05) is 6.07 Å². The molecule has 0 radical (unpaired) electrons. The first-order valence-corrected chi connectivity index (χ1v) is 8.20. The van der Waals surface area contributed by atoms with Crippen LogP contribution < -0.4 is 4.74 Å². The zero-order valence-electron chi connectivity index (χ0n) is 13.0. The quantitative estimate of drug-likeness (QED) is 0.860. The van der Waals surface area contributed by atoms with Gasteiger partial charge in [0.25, 0.3) is 0 Å². The molecule has 1 aromatic carbocycles. The van der Waals surface area contributed by atoms with Crippen molar-refractivity contribution in [1.82, 2.24) is 4.90 Å². The van der Waals surface area contributed by atoms with Crippen LogP contribution >= 0.6 is 0 Å². The maximum atomic E-state index is 10.3. The van der Waals surface area contributed by atoms with E-state index in [1.807, 2.05) is 0 Å². The van der Waals surface area contributed by atoms with Gasteiger partial charge in [-0.15, -0.1) is 0 Å². The second-order valence-corrected chi connectivity index (χ2v) is 7.22. The molecule has 1 aromatic rings. The fraction of sp³-hybridized carbons (Fsp3) is 0.667. The third-order valence-electron chi connectivity index (χ3n) is 6.34. The number of likely N-dealkylation sites (tertiary alicyclic amines) is 1. The van der Waals surface area contributed by atoms with Crippen molar-refractivity contribution < 1.29 is 9.84 Å². The van der Waals surface area contributed by atoms with Gasteiger partial charge in [-0.05, 0) is 74.9 Å². The van der Waals surface area contributed by atoms with Crippen molar-refractivity contribution in [1.29, 1.82) is 0 Å². The highest BCUT2D eigenvalue weighted by Gasteiger charge is 2.54. The molecular weight excluding hydrogens is 262 g/mol. The number of aliphatic hydroxyl groups excluding tert-OH is 1. The lowest BCUT2D eigenvalue weighted by Crippen LogP contribution is -2.61. The SMILES string of the molecule is COc1ccc2c(c1)[C@]13CCN(C)[C@H](C2)[C@@H]1CCC(O)C3. The van der Waals surface area contributed by atoms with Gasteiger partial charge in [-0.25, -0.2) is 0 Å². The van der Waals surface area contributed by atoms with Crippen molar-refractivity contribution in [2.24, 2.45) is 5.92 Å². The number of aliphatic hydroxyl groups is 1. The molecule has 0 amide bonds. The number of hydrogen-bond acceptors (Lipinski definition) is 3. The Kier molecular flexibility index (Phi) is 3.05. The van der Waals surface area contributed by atoms with E-state index in [-0.39, 0.29) is 11.5 Å². The van der Waals surface area contributed by atoms with Gasteiger partial charge >= 0.3 is 0 Å². The monoisotopic (exact) mass is 287 g/mol. The summed E-state index contributed by atoms with van der Waals surface area (Å²) in [5.74, 6) is 1.65. The van der Waals surface area contributed by atoms with E-state index in [4.69, 9.17) is 4.74 Å². The number of methoxy groups -OCH3 is 1. The lowest BCUT2D eigenvalue weighted by molar-refractivity contribution is -0.0393. The van der Waals surface area contributed by atoms with Gasteiger partial charge < -0.3 is 14.7 Å². The highest BCUT2D eigenvalue weighted by molar-refractivity contribution is 5.45. The Balaban J connectivity index is 1.88. The summed E-state index contributed by atoms with van der Waals surface area (Å²) in [5, 5.41) is 10.3. The van der Waals surface area contributed by atoms with Crippen molar-refractivity contribution in [3.63, 3.8) is 0 Å². The summed E-state index contributed by atoms with van der Waals surface area (Å²) in [7, 11) is 4.01. The Hall–Kier alpha value is -1.06. The summed E-state index contributed by atoms with van der Waals surface area (Å²) >= 11 is 0. The Bertz CT molecular complexity index is 558. The number of hydrogen-bond donors (Lipinski definition) is 1. The lowest BCUT2D eigenvalue weighted by atomic mass is 9.52. The topological polar surface area (TPSA) is 32.7 Å². The Morgan fingerprint density at radius 1 is 1.33 bits per heavy atom. The largest absolute Gasteiger partial charge is 0.497 e. The third kappa shape index (κ3) is 1.87. The van der Waals surface area contributed by atoms with Crippen molar-refractivity contribution in [3.8, 4) is 5.75 Å². The summed E-state index contributed by atoms with van der Waals surface area (Å²) in [6.45, 7) is 1.14. The number of rotatable bonds is 1. The van der Waals surface area contributed by atoms with Gasteiger partial charge in [-0.2, -0.15) is 0 Å². The first-order chi connectivity index (χ1) is 10.1. The third-order valence-corrected chi connectivity index (χ3v) is 6.34. The second-order valence-electron chi connectivity index (χ2n) is 7.22. The van der Waals surface area contributed by atoms with E-state index in [9.17, 15) is 5.11 Å². The van der Waals surface area contributed by atoms with Crippen LogP contribution in [0.25, 0.3) is 0 Å². The molecule has 2 bridgehead atoms. The molecule has 4 atom stereocenters. The van der Waals surface area contributed by atoms with Crippen LogP contribution in [0, 0.1) is 5.92 Å². The van der Waals surface area contributed by atoms with E-state index in [1.54, 1.807) is 7.11 Å². The number of nitrogens with zero attached hydrogens (tertiary/aromatic N) is 1. The molecule has 0 spiro atoms. The molecule has 3 nitrogen and oxygen atoms in total. The summed E-state index contributed by atoms with van der Waals surface area (Å²) in [6, 6.07) is 7.23. The molecule has 1 unspecified atom stereocenters. The zero-order valence-corrected chi connectivity index (χ0v) is 13.0. The van der Waals surface area contributed by atoms with Crippen LogP contribution in [0.3, 0.4) is 0 Å². The zero-order chi connectivity index (χ0) is 14.6. The molecule has 4 rings (SSSR count). The predicted molar refractivity (Wildman–Crippen MR) is 82.8 cm³/mol. The summed E-state index contributed by atoms with van der Waals surface area (Å²) < 4.78 is 5.47. The highest BCUT2D eigenvalue weighted by Crippen LogP contribution is 2.55. The Labute approximate surface area is 126 Å². The van der Waals surface area contributed by atoms with Crippen LogP contribution in [-0.2, 0) is 11.8 Å². The van der Waals surface area contributed by atoms with Crippen molar-refractivity contribution in [3.05, 3.63) is 29.3 Å². The Morgan fingerprint density at radius 3 is 3.00 bits per heavy atom. The molecular formula is C18H25NO2. The number of benzene rings is 1. The lowest BCUT2D eigenvalue weighted by Gasteiger charge is -2.59. The average Bonchev–Trinajstić information content (AvgIpc) is 2.50. The number of likely N-dealkylation sites (N-methyl/N-ethyl adjacent to an activating group) is 1. The molecule has 1 saturated heterocycles. The molecule has 1 N–H and O–H groups in total. The summed E-state index contributed by atoms with van der Waals surface area (Å²) in [6.07, 6.45) is 5.24. The smallest absolute Gasteiger partial charge is 0.119 e. The number of fused-ring (bicyclic) bond motifs is 1. The van der Waals surface area contributed by atoms with Crippen LogP contribution in [0.1, 0.15) is 36.8 Å². The van der Waals surface area contributed by atoms with Gasteiger partial charge in [0.1, 0.15) is 5.75 Å². The minimum absolute atomic E-state index is 0.137. The van der Waals surface area contributed by atoms with Crippen LogP contribution in [0.4, 0.5) is 0 Å².